The molecule has 0 spiro atoms. The largest absolute Gasteiger partial charge is 0.382 e. The number of hydrogen-bond acceptors (Lipinski definition) is 3. The van der Waals surface area contributed by atoms with Gasteiger partial charge >= 0.3 is 0 Å². The van der Waals surface area contributed by atoms with Gasteiger partial charge in [0.05, 0.1) is 0 Å². The molecule has 1 aliphatic carbocycles. The lowest BCUT2D eigenvalue weighted by molar-refractivity contribution is 0.128. The zero-order chi connectivity index (χ0) is 19.3. The molecule has 0 unspecified atom stereocenters. The van der Waals surface area contributed by atoms with Gasteiger partial charge in [0.25, 0.3) is 0 Å². The topological polar surface area (TPSA) is 40.1 Å². The number of nitrogens with zero attached hydrogens (tertiary/aromatic N) is 3. The summed E-state index contributed by atoms with van der Waals surface area (Å²) < 4.78 is 5.56. The second-order valence-corrected chi connectivity index (χ2v) is 8.04. The van der Waals surface area contributed by atoms with Crippen molar-refractivity contribution in [3.05, 3.63) is 29.3 Å². The number of ether oxygens (including phenoxy) is 1. The van der Waals surface area contributed by atoms with Gasteiger partial charge in [-0.15, -0.1) is 0 Å². The van der Waals surface area contributed by atoms with E-state index in [9.17, 15) is 0 Å². The van der Waals surface area contributed by atoms with Crippen molar-refractivity contribution < 1.29 is 4.74 Å². The lowest BCUT2D eigenvalue weighted by Gasteiger charge is -2.38. The Morgan fingerprint density at radius 3 is 2.56 bits per heavy atom. The number of hydrogen-bond donors (Lipinski definition) is 1. The lowest BCUT2D eigenvalue weighted by atomic mass is 10.0. The molecule has 1 heterocycles. The van der Waals surface area contributed by atoms with E-state index in [1.54, 1.807) is 0 Å². The maximum absolute atomic E-state index is 5.56. The fourth-order valence-electron chi connectivity index (χ4n) is 3.96. The molecule has 2 fully saturated rings. The van der Waals surface area contributed by atoms with Crippen molar-refractivity contribution >= 4 is 11.6 Å². The Morgan fingerprint density at radius 1 is 1.19 bits per heavy atom. The molecule has 1 saturated heterocycles. The van der Waals surface area contributed by atoms with Gasteiger partial charge in [0, 0.05) is 58.7 Å². The zero-order valence-corrected chi connectivity index (χ0v) is 17.6. The van der Waals surface area contributed by atoms with E-state index in [2.05, 4.69) is 59.1 Å². The summed E-state index contributed by atoms with van der Waals surface area (Å²) in [4.78, 5) is 9.46. The standard InChI is InChI=1S/C22H36N4O/c1-5-27-16-11-22(9-10-22)17-24-21(23-4)26-14-12-25(13-15-26)20-8-6-7-18(2)19(20)3/h6-8H,5,9-17H2,1-4H3,(H,23,24). The fourth-order valence-corrected chi connectivity index (χ4v) is 3.96. The quantitative estimate of drug-likeness (QED) is 0.453. The first-order valence-corrected chi connectivity index (χ1v) is 10.4. The number of nitrogens with one attached hydrogen (secondary N) is 1. The Morgan fingerprint density at radius 2 is 1.93 bits per heavy atom. The highest BCUT2D eigenvalue weighted by Gasteiger charge is 2.42. The van der Waals surface area contributed by atoms with Crippen LogP contribution < -0.4 is 10.2 Å². The number of guanidine groups is 1. The number of piperazine rings is 1. The van der Waals surface area contributed by atoms with Crippen LogP contribution in [0.3, 0.4) is 0 Å². The summed E-state index contributed by atoms with van der Waals surface area (Å²) in [5.41, 5.74) is 4.59. The highest BCUT2D eigenvalue weighted by Crippen LogP contribution is 2.48. The van der Waals surface area contributed by atoms with E-state index in [4.69, 9.17) is 4.74 Å². The first kappa shape index (κ1) is 20.0. The van der Waals surface area contributed by atoms with Crippen molar-refractivity contribution in [3.8, 4) is 0 Å². The van der Waals surface area contributed by atoms with Crippen molar-refractivity contribution in [1.82, 2.24) is 10.2 Å². The molecule has 0 atom stereocenters. The van der Waals surface area contributed by atoms with Crippen molar-refractivity contribution in [2.24, 2.45) is 10.4 Å². The van der Waals surface area contributed by atoms with Crippen LogP contribution in [0.5, 0.6) is 0 Å². The average Bonchev–Trinajstić information content (AvgIpc) is 3.45. The van der Waals surface area contributed by atoms with E-state index in [0.29, 0.717) is 5.41 Å². The van der Waals surface area contributed by atoms with E-state index in [1.807, 2.05) is 7.05 Å². The molecule has 3 rings (SSSR count). The van der Waals surface area contributed by atoms with E-state index < -0.39 is 0 Å². The number of benzene rings is 1. The number of aliphatic imine (C=N–C) groups is 1. The van der Waals surface area contributed by atoms with Gasteiger partial charge in [-0.2, -0.15) is 0 Å². The van der Waals surface area contributed by atoms with Crippen LogP contribution in [-0.4, -0.2) is 63.8 Å². The summed E-state index contributed by atoms with van der Waals surface area (Å²) in [6.07, 6.45) is 3.78. The van der Waals surface area contributed by atoms with Crippen LogP contribution in [0.4, 0.5) is 5.69 Å². The molecule has 5 nitrogen and oxygen atoms in total. The third-order valence-corrected chi connectivity index (χ3v) is 6.27. The van der Waals surface area contributed by atoms with Crippen LogP contribution in [0.2, 0.25) is 0 Å². The average molecular weight is 373 g/mol. The van der Waals surface area contributed by atoms with E-state index in [-0.39, 0.29) is 0 Å². The minimum atomic E-state index is 0.436. The van der Waals surface area contributed by atoms with Gasteiger partial charge in [-0.05, 0) is 62.6 Å². The monoisotopic (exact) mass is 372 g/mol. The Labute approximate surface area is 164 Å². The third kappa shape index (κ3) is 4.95. The SMILES string of the molecule is CCOCCC1(CNC(=NC)N2CCN(c3cccc(C)c3C)CC2)CC1. The van der Waals surface area contributed by atoms with Crippen LogP contribution in [0.1, 0.15) is 37.3 Å². The molecule has 5 heteroatoms. The molecule has 0 bridgehead atoms. The molecule has 150 valence electrons. The zero-order valence-electron chi connectivity index (χ0n) is 17.6. The summed E-state index contributed by atoms with van der Waals surface area (Å²) in [6.45, 7) is 13.3. The van der Waals surface area contributed by atoms with Crippen LogP contribution in [-0.2, 0) is 4.74 Å². The summed E-state index contributed by atoms with van der Waals surface area (Å²) in [5.74, 6) is 1.05. The first-order chi connectivity index (χ1) is 13.1. The second-order valence-electron chi connectivity index (χ2n) is 8.04. The maximum Gasteiger partial charge on any atom is 0.193 e. The minimum absolute atomic E-state index is 0.436. The molecule has 1 aromatic carbocycles. The lowest BCUT2D eigenvalue weighted by Crippen LogP contribution is -2.53. The summed E-state index contributed by atoms with van der Waals surface area (Å²) in [5, 5.41) is 3.65. The molecule has 27 heavy (non-hydrogen) atoms. The van der Waals surface area contributed by atoms with Crippen LogP contribution >= 0.6 is 0 Å². The summed E-state index contributed by atoms with van der Waals surface area (Å²) in [6, 6.07) is 6.61. The normalized spacial score (nSPS) is 19.3. The highest BCUT2D eigenvalue weighted by molar-refractivity contribution is 5.80. The molecular formula is C22H36N4O. The maximum atomic E-state index is 5.56. The predicted octanol–water partition coefficient (Wildman–Crippen LogP) is 3.21. The van der Waals surface area contributed by atoms with Gasteiger partial charge in [-0.1, -0.05) is 12.1 Å². The predicted molar refractivity (Wildman–Crippen MR) is 114 cm³/mol. The summed E-state index contributed by atoms with van der Waals surface area (Å²) in [7, 11) is 1.90. The first-order valence-electron chi connectivity index (χ1n) is 10.4. The molecule has 0 amide bonds. The van der Waals surface area contributed by atoms with Crippen molar-refractivity contribution in [2.45, 2.75) is 40.0 Å². The Balaban J connectivity index is 1.50. The van der Waals surface area contributed by atoms with Gasteiger partial charge in [-0.3, -0.25) is 4.99 Å². The van der Waals surface area contributed by atoms with E-state index in [1.165, 1.54) is 29.7 Å². The number of anilines is 1. The number of aryl methyl sites for hydroxylation is 1. The molecule has 0 aromatic heterocycles. The van der Waals surface area contributed by atoms with Gasteiger partial charge in [0.15, 0.2) is 5.96 Å². The molecule has 0 radical (unpaired) electrons. The molecular weight excluding hydrogens is 336 g/mol. The van der Waals surface area contributed by atoms with Gasteiger partial charge < -0.3 is 19.9 Å². The molecule has 1 aliphatic heterocycles. The van der Waals surface area contributed by atoms with E-state index >= 15 is 0 Å². The molecule has 2 aliphatic rings. The van der Waals surface area contributed by atoms with Crippen molar-refractivity contribution in [3.63, 3.8) is 0 Å². The van der Waals surface area contributed by atoms with Crippen LogP contribution in [0.25, 0.3) is 0 Å². The Bertz CT molecular complexity index is 646. The summed E-state index contributed by atoms with van der Waals surface area (Å²) >= 11 is 0. The van der Waals surface area contributed by atoms with Crippen molar-refractivity contribution in [2.75, 3.05) is 57.9 Å². The van der Waals surface area contributed by atoms with E-state index in [0.717, 1.165) is 58.3 Å². The van der Waals surface area contributed by atoms with Gasteiger partial charge in [-0.25, -0.2) is 0 Å². The van der Waals surface area contributed by atoms with Crippen LogP contribution in [0.15, 0.2) is 23.2 Å². The second kappa shape index (κ2) is 8.96. The fraction of sp³-hybridized carbons (Fsp3) is 0.682. The molecule has 1 saturated carbocycles. The number of rotatable bonds is 7. The highest BCUT2D eigenvalue weighted by atomic mass is 16.5. The molecule has 1 aromatic rings. The third-order valence-electron chi connectivity index (χ3n) is 6.27. The van der Waals surface area contributed by atoms with Crippen LogP contribution in [0, 0.1) is 19.3 Å². The Kier molecular flexibility index (Phi) is 6.64. The smallest absolute Gasteiger partial charge is 0.193 e. The van der Waals surface area contributed by atoms with Gasteiger partial charge in [0.1, 0.15) is 0 Å². The van der Waals surface area contributed by atoms with Gasteiger partial charge in [0.2, 0.25) is 0 Å². The molecule has 1 N–H and O–H groups in total. The van der Waals surface area contributed by atoms with Crippen molar-refractivity contribution in [1.29, 1.82) is 0 Å². The Hall–Kier alpha value is -1.75. The minimum Gasteiger partial charge on any atom is -0.382 e.